The molecule has 0 radical (unpaired) electrons. The fourth-order valence-corrected chi connectivity index (χ4v) is 3.50. The minimum atomic E-state index is 0.506. The van der Waals surface area contributed by atoms with Crippen LogP contribution in [0, 0.1) is 11.8 Å². The molecule has 0 aliphatic heterocycles. The van der Waals surface area contributed by atoms with Crippen LogP contribution in [0.15, 0.2) is 12.3 Å². The normalized spacial score (nSPS) is 25.7. The van der Waals surface area contributed by atoms with Crippen molar-refractivity contribution in [2.45, 2.75) is 78.3 Å². The zero-order valence-electron chi connectivity index (χ0n) is 14.3. The highest BCUT2D eigenvalue weighted by Gasteiger charge is 2.26. The average molecular weight is 291 g/mol. The van der Waals surface area contributed by atoms with Crippen LogP contribution in [-0.2, 0) is 6.42 Å². The second-order valence-electron chi connectivity index (χ2n) is 6.93. The van der Waals surface area contributed by atoms with E-state index in [2.05, 4.69) is 50.0 Å². The third kappa shape index (κ3) is 4.57. The molecular weight excluding hydrogens is 258 g/mol. The summed E-state index contributed by atoms with van der Waals surface area (Å²) in [5.74, 6) is 1.75. The second kappa shape index (κ2) is 7.98. The summed E-state index contributed by atoms with van der Waals surface area (Å²) in [6, 6.07) is 3.32. The summed E-state index contributed by atoms with van der Waals surface area (Å²) in [4.78, 5) is 0. The van der Waals surface area contributed by atoms with E-state index in [9.17, 15) is 0 Å². The maximum absolute atomic E-state index is 4.79. The van der Waals surface area contributed by atoms with E-state index < -0.39 is 0 Å². The molecule has 1 saturated carbocycles. The number of rotatable bonds is 7. The number of likely N-dealkylation sites (N-methyl/N-ethyl adjacent to an activating group) is 1. The first kappa shape index (κ1) is 16.5. The first-order valence-corrected chi connectivity index (χ1v) is 8.91. The Morgan fingerprint density at radius 1 is 1.29 bits per heavy atom. The molecule has 120 valence electrons. The first-order valence-electron chi connectivity index (χ1n) is 8.91. The molecule has 3 heteroatoms. The van der Waals surface area contributed by atoms with Gasteiger partial charge >= 0.3 is 0 Å². The highest BCUT2D eigenvalue weighted by Crippen LogP contribution is 2.31. The Kier molecular flexibility index (Phi) is 6.28. The van der Waals surface area contributed by atoms with Crippen LogP contribution < -0.4 is 5.32 Å². The van der Waals surface area contributed by atoms with Gasteiger partial charge in [0.15, 0.2) is 0 Å². The molecule has 1 aliphatic rings. The topological polar surface area (TPSA) is 29.9 Å². The lowest BCUT2D eigenvalue weighted by molar-refractivity contribution is 0.229. The van der Waals surface area contributed by atoms with Crippen LogP contribution in [0.1, 0.15) is 71.5 Å². The van der Waals surface area contributed by atoms with Gasteiger partial charge in [-0.05, 0) is 50.6 Å². The average Bonchev–Trinajstić information content (AvgIpc) is 2.95. The molecule has 1 aromatic heterocycles. The zero-order valence-corrected chi connectivity index (χ0v) is 14.3. The van der Waals surface area contributed by atoms with Crippen LogP contribution in [0.4, 0.5) is 0 Å². The molecular formula is C18H33N3. The third-order valence-corrected chi connectivity index (χ3v) is 5.23. The number of nitrogens with one attached hydrogen (secondary N) is 1. The van der Waals surface area contributed by atoms with Crippen LogP contribution in [0.3, 0.4) is 0 Å². The van der Waals surface area contributed by atoms with Gasteiger partial charge < -0.3 is 5.32 Å². The molecule has 1 fully saturated rings. The van der Waals surface area contributed by atoms with E-state index in [1.54, 1.807) is 0 Å². The number of nitrogens with zero attached hydrogens (tertiary/aromatic N) is 2. The lowest BCUT2D eigenvalue weighted by atomic mass is 9.78. The van der Waals surface area contributed by atoms with Gasteiger partial charge in [0.1, 0.15) is 0 Å². The Balaban J connectivity index is 1.97. The van der Waals surface area contributed by atoms with E-state index >= 15 is 0 Å². The molecule has 3 nitrogen and oxygen atoms in total. The minimum Gasteiger partial charge on any atom is -0.314 e. The maximum Gasteiger partial charge on any atom is 0.0640 e. The quantitative estimate of drug-likeness (QED) is 0.816. The summed E-state index contributed by atoms with van der Waals surface area (Å²) in [7, 11) is 0. The van der Waals surface area contributed by atoms with Gasteiger partial charge in [-0.15, -0.1) is 0 Å². The minimum absolute atomic E-state index is 0.506. The second-order valence-corrected chi connectivity index (χ2v) is 6.93. The lowest BCUT2D eigenvalue weighted by Crippen LogP contribution is -2.39. The van der Waals surface area contributed by atoms with Gasteiger partial charge in [0.2, 0.25) is 0 Å². The molecule has 21 heavy (non-hydrogen) atoms. The summed E-state index contributed by atoms with van der Waals surface area (Å²) in [5, 5.41) is 8.51. The Morgan fingerprint density at radius 2 is 2.00 bits per heavy atom. The van der Waals surface area contributed by atoms with Gasteiger partial charge in [-0.1, -0.05) is 33.6 Å². The van der Waals surface area contributed by atoms with Gasteiger partial charge in [-0.2, -0.15) is 5.10 Å². The molecule has 1 aliphatic carbocycles. The van der Waals surface area contributed by atoms with Gasteiger partial charge in [0.25, 0.3) is 0 Å². The summed E-state index contributed by atoms with van der Waals surface area (Å²) in [5.41, 5.74) is 1.25. The highest BCUT2D eigenvalue weighted by molar-refractivity contribution is 5.03. The molecule has 0 spiro atoms. The molecule has 1 N–H and O–H groups in total. The summed E-state index contributed by atoms with van der Waals surface area (Å²) < 4.78 is 2.13. The number of hydrogen-bond donors (Lipinski definition) is 1. The van der Waals surface area contributed by atoms with E-state index in [-0.39, 0.29) is 0 Å². The van der Waals surface area contributed by atoms with Crippen LogP contribution in [-0.4, -0.2) is 22.4 Å². The molecule has 2 unspecified atom stereocenters. The SMILES string of the molecule is CCNC(Cc1ccn(C(C)CC)n1)C1CCC(C)CC1. The van der Waals surface area contributed by atoms with E-state index in [1.165, 1.54) is 31.4 Å². The number of hydrogen-bond acceptors (Lipinski definition) is 2. The molecule has 2 atom stereocenters. The predicted molar refractivity (Wildman–Crippen MR) is 89.5 cm³/mol. The fourth-order valence-electron chi connectivity index (χ4n) is 3.50. The molecule has 0 bridgehead atoms. The summed E-state index contributed by atoms with van der Waals surface area (Å²) >= 11 is 0. The number of aromatic nitrogens is 2. The van der Waals surface area contributed by atoms with E-state index in [1.807, 2.05) is 0 Å². The van der Waals surface area contributed by atoms with Crippen molar-refractivity contribution in [1.29, 1.82) is 0 Å². The molecule has 0 aromatic carbocycles. The van der Waals surface area contributed by atoms with Gasteiger partial charge in [0.05, 0.1) is 5.69 Å². The lowest BCUT2D eigenvalue weighted by Gasteiger charge is -2.33. The van der Waals surface area contributed by atoms with Crippen molar-refractivity contribution in [3.63, 3.8) is 0 Å². The fraction of sp³-hybridized carbons (Fsp3) is 0.833. The molecule has 2 rings (SSSR count). The zero-order chi connectivity index (χ0) is 15.2. The predicted octanol–water partition coefficient (Wildman–Crippen LogP) is 4.20. The molecule has 0 saturated heterocycles. The van der Waals surface area contributed by atoms with Crippen molar-refractivity contribution >= 4 is 0 Å². The third-order valence-electron chi connectivity index (χ3n) is 5.23. The highest BCUT2D eigenvalue weighted by atomic mass is 15.3. The van der Waals surface area contributed by atoms with Crippen molar-refractivity contribution in [3.8, 4) is 0 Å². The molecule has 1 heterocycles. The van der Waals surface area contributed by atoms with Crippen molar-refractivity contribution in [2.75, 3.05) is 6.54 Å². The Hall–Kier alpha value is -0.830. The largest absolute Gasteiger partial charge is 0.314 e. The Morgan fingerprint density at radius 3 is 2.62 bits per heavy atom. The van der Waals surface area contributed by atoms with Crippen LogP contribution in [0.25, 0.3) is 0 Å². The van der Waals surface area contributed by atoms with Crippen molar-refractivity contribution in [1.82, 2.24) is 15.1 Å². The summed E-state index contributed by atoms with van der Waals surface area (Å²) in [6.07, 6.45) is 9.92. The van der Waals surface area contributed by atoms with Gasteiger partial charge in [-0.25, -0.2) is 0 Å². The van der Waals surface area contributed by atoms with E-state index in [4.69, 9.17) is 5.10 Å². The van der Waals surface area contributed by atoms with Crippen LogP contribution >= 0.6 is 0 Å². The van der Waals surface area contributed by atoms with Gasteiger partial charge in [-0.3, -0.25) is 4.68 Å². The molecule has 1 aromatic rings. The molecule has 0 amide bonds. The van der Waals surface area contributed by atoms with Crippen LogP contribution in [0.2, 0.25) is 0 Å². The Labute approximate surface area is 130 Å². The smallest absolute Gasteiger partial charge is 0.0640 e. The van der Waals surface area contributed by atoms with Crippen LogP contribution in [0.5, 0.6) is 0 Å². The van der Waals surface area contributed by atoms with E-state index in [0.717, 1.165) is 31.2 Å². The Bertz CT molecular complexity index is 404. The van der Waals surface area contributed by atoms with Gasteiger partial charge in [0, 0.05) is 24.7 Å². The van der Waals surface area contributed by atoms with Crippen molar-refractivity contribution in [3.05, 3.63) is 18.0 Å². The van der Waals surface area contributed by atoms with E-state index in [0.29, 0.717) is 12.1 Å². The summed E-state index contributed by atoms with van der Waals surface area (Å²) in [6.45, 7) is 10.1. The van der Waals surface area contributed by atoms with Crippen molar-refractivity contribution < 1.29 is 0 Å². The first-order chi connectivity index (χ1) is 10.1. The standard InChI is InChI=1S/C18H33N3/c1-5-15(4)21-12-11-17(20-21)13-18(19-6-2)16-9-7-14(3)8-10-16/h11-12,14-16,18-19H,5-10,13H2,1-4H3. The van der Waals surface area contributed by atoms with Crippen molar-refractivity contribution in [2.24, 2.45) is 11.8 Å². The monoisotopic (exact) mass is 291 g/mol. The maximum atomic E-state index is 4.79.